The molecule has 0 bridgehead atoms. The average molecular weight is 1480 g/mol. The molecule has 18 heteroatoms. The van der Waals surface area contributed by atoms with E-state index in [-0.39, 0.29) is 133 Å². The van der Waals surface area contributed by atoms with E-state index in [2.05, 4.69) is 62.6 Å². The van der Waals surface area contributed by atoms with Crippen LogP contribution in [0.25, 0.3) is 5.32 Å². The number of hydrogen-bond acceptors (Lipinski definition) is 8. The van der Waals surface area contributed by atoms with Crippen molar-refractivity contribution >= 4 is 64.0 Å². The molecular weight excluding hydrogens is 1380 g/mol. The second-order valence-corrected chi connectivity index (χ2v) is 24.4. The van der Waals surface area contributed by atoms with Crippen LogP contribution in [0.3, 0.4) is 0 Å². The number of likely N-dealkylation sites (N-methyl/N-ethyl adjacent to an activating group) is 3. The van der Waals surface area contributed by atoms with Crippen molar-refractivity contribution in [2.24, 2.45) is 0 Å². The Morgan fingerprint density at radius 2 is 0.895 bits per heavy atom. The molecule has 2 atom stereocenters. The fourth-order valence-electron chi connectivity index (χ4n) is 11.7. The third-order valence-corrected chi connectivity index (χ3v) is 17.6. The van der Waals surface area contributed by atoms with Crippen LogP contribution in [-0.2, 0) is 140 Å². The van der Waals surface area contributed by atoms with Crippen LogP contribution in [0.15, 0.2) is 121 Å². The van der Waals surface area contributed by atoms with E-state index < -0.39 is 0 Å². The first-order chi connectivity index (χ1) is 43.5. The SMILES string of the molecule is CC.CN1C(=O)CCCCc2ccccc21.CN1C(=O)CCCc2ccccc21.CN1C(=O)C[N-]Cc2ccccc21.CN1CC(=O)[CH-]c2ccccc21.CN1CCCCC1=O.Cc1cc2c(cc1C)C(=O)N(C)C(C)C2.Cc1cc2c(cc1C)C(=O)NC(C)C2.[CH3-].[V].[Y].[Y]. The van der Waals surface area contributed by atoms with Gasteiger partial charge in [-0.1, -0.05) is 105 Å². The van der Waals surface area contributed by atoms with Crippen LogP contribution in [0.1, 0.15) is 155 Å². The number of nitrogens with zero attached hydrogens (tertiary/aromatic N) is 7. The Bertz CT molecular complexity index is 3460. The van der Waals surface area contributed by atoms with Crippen LogP contribution < -0.4 is 24.9 Å². The predicted octanol–water partition coefficient (Wildman–Crippen LogP) is 13.6. The molecule has 1 saturated heterocycles. The van der Waals surface area contributed by atoms with E-state index in [0.717, 1.165) is 109 Å². The summed E-state index contributed by atoms with van der Waals surface area (Å²) in [6.45, 7) is 18.8. The molecule has 0 aliphatic carbocycles. The molecular formula is C77H101N8O7VY2-3. The number of carbonyl (C=O) groups excluding carboxylic acids is 7. The quantitative estimate of drug-likeness (QED) is 0.147. The Hall–Kier alpha value is -5.77. The Balaban J connectivity index is 0.000000375. The monoisotopic (exact) mass is 1480 g/mol. The first-order valence-corrected chi connectivity index (χ1v) is 32.4. The number of hydrogen-bond donors (Lipinski definition) is 1. The minimum atomic E-state index is 0. The summed E-state index contributed by atoms with van der Waals surface area (Å²) >= 11 is 0. The van der Waals surface area contributed by atoms with Gasteiger partial charge >= 0.3 is 0 Å². The molecule has 7 aliphatic rings. The van der Waals surface area contributed by atoms with Crippen molar-refractivity contribution in [3.05, 3.63) is 207 Å². The van der Waals surface area contributed by atoms with Crippen LogP contribution in [-0.4, -0.2) is 125 Å². The van der Waals surface area contributed by atoms with Crippen LogP contribution in [0, 0.1) is 41.5 Å². The number of para-hydroxylation sites is 4. The van der Waals surface area contributed by atoms with Crippen molar-refractivity contribution in [1.82, 2.24) is 15.1 Å². The third-order valence-electron chi connectivity index (χ3n) is 17.6. The summed E-state index contributed by atoms with van der Waals surface area (Å²) in [4.78, 5) is 90.9. The maximum Gasteiger partial charge on any atom is 0.254 e. The number of fused-ring (bicyclic) bond motifs is 6. The minimum Gasteiger partial charge on any atom is -0.651 e. The van der Waals surface area contributed by atoms with Gasteiger partial charge in [0.25, 0.3) is 11.8 Å². The molecule has 15 nitrogen and oxygen atoms in total. The molecule has 7 aliphatic heterocycles. The molecule has 0 spiro atoms. The zero-order chi connectivity index (χ0) is 66.5. The van der Waals surface area contributed by atoms with E-state index in [4.69, 9.17) is 0 Å². The van der Waals surface area contributed by atoms with E-state index in [0.29, 0.717) is 44.4 Å². The van der Waals surface area contributed by atoms with Gasteiger partial charge in [-0.3, -0.25) is 28.8 Å². The molecule has 505 valence electrons. The molecule has 6 aromatic rings. The molecule has 6 amide bonds. The molecule has 7 heterocycles. The van der Waals surface area contributed by atoms with Crippen molar-refractivity contribution in [3.8, 4) is 0 Å². The van der Waals surface area contributed by atoms with Gasteiger partial charge in [0, 0.05) is 185 Å². The number of piperidine rings is 1. The largest absolute Gasteiger partial charge is 0.651 e. The normalized spacial score (nSPS) is 17.1. The Labute approximate surface area is 630 Å². The van der Waals surface area contributed by atoms with Crippen molar-refractivity contribution in [1.29, 1.82) is 0 Å². The molecule has 0 saturated carbocycles. The van der Waals surface area contributed by atoms with Crippen molar-refractivity contribution in [2.45, 2.75) is 151 Å². The molecule has 6 aromatic carbocycles. The summed E-state index contributed by atoms with van der Waals surface area (Å²) in [7, 11) is 11.2. The summed E-state index contributed by atoms with van der Waals surface area (Å²) in [5, 5.41) is 7.10. The zero-order valence-electron chi connectivity index (χ0n) is 59.2. The average Bonchev–Trinajstić information content (AvgIpc) is 1.57. The van der Waals surface area contributed by atoms with Crippen LogP contribution in [0.5, 0.6) is 0 Å². The molecule has 3 radical (unpaired) electrons. The number of likely N-dealkylation sites (tertiary alicyclic amines) is 1. The third kappa shape index (κ3) is 24.3. The summed E-state index contributed by atoms with van der Waals surface area (Å²) in [5.41, 5.74) is 18.1. The van der Waals surface area contributed by atoms with Gasteiger partial charge in [0.1, 0.15) is 5.78 Å². The van der Waals surface area contributed by atoms with Crippen molar-refractivity contribution in [2.75, 3.05) is 81.5 Å². The van der Waals surface area contributed by atoms with Gasteiger partial charge in [-0.05, 0) is 187 Å². The van der Waals surface area contributed by atoms with Gasteiger partial charge in [0.05, 0.1) is 6.54 Å². The van der Waals surface area contributed by atoms with E-state index in [1.807, 2.05) is 170 Å². The number of Topliss-reactive ketones (excluding diaryl/α,β-unsaturated/α-hetero) is 1. The maximum atomic E-state index is 12.0. The van der Waals surface area contributed by atoms with E-state index in [1.54, 1.807) is 33.1 Å². The number of ketones is 1. The fourth-order valence-corrected chi connectivity index (χ4v) is 11.7. The van der Waals surface area contributed by atoms with Gasteiger partial charge in [-0.15, -0.1) is 19.0 Å². The molecule has 13 rings (SSSR count). The first kappa shape index (κ1) is 85.3. The maximum absolute atomic E-state index is 12.0. The van der Waals surface area contributed by atoms with Crippen molar-refractivity contribution in [3.63, 3.8) is 0 Å². The summed E-state index contributed by atoms with van der Waals surface area (Å²) in [5.74, 6) is 1.23. The molecule has 1 N–H and O–H groups in total. The van der Waals surface area contributed by atoms with Gasteiger partial charge in [0.15, 0.2) is 0 Å². The van der Waals surface area contributed by atoms with Crippen LogP contribution in [0.4, 0.5) is 22.7 Å². The molecule has 95 heavy (non-hydrogen) atoms. The van der Waals surface area contributed by atoms with E-state index >= 15 is 0 Å². The Morgan fingerprint density at radius 3 is 1.44 bits per heavy atom. The van der Waals surface area contributed by atoms with Gasteiger partial charge in [-0.25, -0.2) is 0 Å². The minimum absolute atomic E-state index is 0. The van der Waals surface area contributed by atoms with Gasteiger partial charge < -0.3 is 52.3 Å². The Kier molecular flexibility index (Phi) is 37.8. The second-order valence-electron chi connectivity index (χ2n) is 24.4. The summed E-state index contributed by atoms with van der Waals surface area (Å²) < 4.78 is 0. The van der Waals surface area contributed by atoms with Gasteiger partial charge in [-0.2, -0.15) is 11.6 Å². The number of carbonyl (C=O) groups is 7. The van der Waals surface area contributed by atoms with E-state index in [1.165, 1.54) is 50.9 Å². The molecule has 2 unspecified atom stereocenters. The van der Waals surface area contributed by atoms with E-state index in [9.17, 15) is 33.6 Å². The van der Waals surface area contributed by atoms with Crippen LogP contribution in [0.2, 0.25) is 0 Å². The number of anilines is 4. The summed E-state index contributed by atoms with van der Waals surface area (Å²) in [6, 6.07) is 41.0. The van der Waals surface area contributed by atoms with Gasteiger partial charge in [0.2, 0.25) is 23.6 Å². The number of rotatable bonds is 0. The smallest absolute Gasteiger partial charge is 0.254 e. The topological polar surface area (TPSA) is 165 Å². The number of amides is 6. The van der Waals surface area contributed by atoms with Crippen LogP contribution >= 0.6 is 0 Å². The zero-order valence-corrected chi connectivity index (χ0v) is 66.3. The summed E-state index contributed by atoms with van der Waals surface area (Å²) in [6.07, 6.45) is 13.2. The number of aryl methyl sites for hydroxylation is 6. The molecule has 1 fully saturated rings. The fraction of sp³-hybridized carbons (Fsp3) is 0.416. The predicted molar refractivity (Wildman–Crippen MR) is 377 cm³/mol. The Morgan fingerprint density at radius 1 is 0.463 bits per heavy atom. The first-order valence-electron chi connectivity index (χ1n) is 32.4. The standard InChI is InChI=1S/C13H17NO.2C12H15NO.C11H13NO.C10H11N2O.C10H10NO.C6H11NO.C2H6.CH3.V.2Y/c1-8-5-11-7-10(3)14(4)13(15)12(11)6-9(8)2;1-7-4-10-6-9(3)13-12(14)11(10)5-8(7)2;1-13-11-8-4-2-6-10(11)7-3-5-9-12(13)14;1-12-10-7-3-2-5-9(10)6-4-8-11(12)13;1-12-9-5-3-2-4-8(9)6-11-7-10(12)13;1-11-7-9(12)6-8-4-2-3-5-10(8)11;1-7-5-3-2-4-6(7)8;1-2;;;;/h5-6,10H,7H2,1-4H3;4-5,9H,6H2,1-3H3,(H,13,14);2,4,6,8H,3,5,7,9H2,1H3;2-3,5,7H,4,6,8H2,1H3;2-5H,6-7H2,1H3;2-6H,7H2,1H3;2-5H2,1H3;1-2H3;1H3;;;/q;;;;2*-1;;;-1;;;. The number of nitrogens with one attached hydrogen (secondary N) is 1. The molecule has 0 aromatic heterocycles. The van der Waals surface area contributed by atoms with Crippen molar-refractivity contribution < 1.29 is 118 Å². The second kappa shape index (κ2) is 42.1. The number of benzene rings is 6.